The molecule has 0 aliphatic carbocycles. The molecule has 1 unspecified atom stereocenters. The normalized spacial score (nSPS) is 23.3. The Balaban J connectivity index is 1.92. The highest BCUT2D eigenvalue weighted by Gasteiger charge is 2.29. The molecular formula is C13H21N3O2. The molecule has 0 aromatic carbocycles. The molecule has 1 aliphatic rings. The van der Waals surface area contributed by atoms with E-state index in [0.717, 1.165) is 31.8 Å². The summed E-state index contributed by atoms with van der Waals surface area (Å²) >= 11 is 0. The van der Waals surface area contributed by atoms with E-state index in [-0.39, 0.29) is 11.7 Å². The van der Waals surface area contributed by atoms with Gasteiger partial charge in [-0.2, -0.15) is 0 Å². The molecule has 0 spiro atoms. The highest BCUT2D eigenvalue weighted by Crippen LogP contribution is 2.25. The molecule has 18 heavy (non-hydrogen) atoms. The van der Waals surface area contributed by atoms with Crippen LogP contribution in [0.3, 0.4) is 0 Å². The molecule has 0 radical (unpaired) electrons. The highest BCUT2D eigenvalue weighted by molar-refractivity contribution is 5.37. The SMILES string of the molecule is CC(C)Oc1cc(NCC2(C)CCCO2)ncn1. The molecule has 1 atom stereocenters. The maximum absolute atomic E-state index is 5.72. The van der Waals surface area contributed by atoms with Crippen molar-refractivity contribution >= 4 is 5.82 Å². The van der Waals surface area contributed by atoms with Gasteiger partial charge in [0.2, 0.25) is 5.88 Å². The third-order valence-electron chi connectivity index (χ3n) is 2.94. The van der Waals surface area contributed by atoms with Gasteiger partial charge in [-0.25, -0.2) is 9.97 Å². The summed E-state index contributed by atoms with van der Waals surface area (Å²) in [5, 5.41) is 3.28. The molecule has 1 aromatic heterocycles. The van der Waals surface area contributed by atoms with Crippen molar-refractivity contribution in [2.24, 2.45) is 0 Å². The number of nitrogens with zero attached hydrogens (tertiary/aromatic N) is 2. The van der Waals surface area contributed by atoms with Crippen LogP contribution in [0.1, 0.15) is 33.6 Å². The molecule has 1 fully saturated rings. The van der Waals surface area contributed by atoms with E-state index in [4.69, 9.17) is 9.47 Å². The van der Waals surface area contributed by atoms with E-state index >= 15 is 0 Å². The minimum atomic E-state index is -0.0793. The van der Waals surface area contributed by atoms with Crippen LogP contribution >= 0.6 is 0 Å². The van der Waals surface area contributed by atoms with Gasteiger partial charge in [-0.1, -0.05) is 0 Å². The monoisotopic (exact) mass is 251 g/mol. The summed E-state index contributed by atoms with van der Waals surface area (Å²) in [7, 11) is 0. The third-order valence-corrected chi connectivity index (χ3v) is 2.94. The summed E-state index contributed by atoms with van der Waals surface area (Å²) in [6.07, 6.45) is 3.84. The van der Waals surface area contributed by atoms with Gasteiger partial charge in [0.1, 0.15) is 12.1 Å². The van der Waals surface area contributed by atoms with Crippen molar-refractivity contribution in [3.8, 4) is 5.88 Å². The van der Waals surface area contributed by atoms with Gasteiger partial charge >= 0.3 is 0 Å². The summed E-state index contributed by atoms with van der Waals surface area (Å²) in [4.78, 5) is 8.25. The number of nitrogens with one attached hydrogen (secondary N) is 1. The molecule has 100 valence electrons. The van der Waals surface area contributed by atoms with Crippen molar-refractivity contribution in [3.63, 3.8) is 0 Å². The standard InChI is InChI=1S/C13H21N3O2/c1-10(2)18-12-7-11(15-9-16-12)14-8-13(3)5-4-6-17-13/h7,9-10H,4-6,8H2,1-3H3,(H,14,15,16). The lowest BCUT2D eigenvalue weighted by molar-refractivity contribution is 0.0314. The maximum atomic E-state index is 5.72. The second-order valence-corrected chi connectivity index (χ2v) is 5.16. The van der Waals surface area contributed by atoms with Gasteiger partial charge in [-0.05, 0) is 33.6 Å². The Morgan fingerprint density at radius 2 is 2.33 bits per heavy atom. The summed E-state index contributed by atoms with van der Waals surface area (Å²) in [6, 6.07) is 1.82. The molecule has 1 saturated heterocycles. The molecule has 0 bridgehead atoms. The van der Waals surface area contributed by atoms with Gasteiger partial charge in [-0.15, -0.1) is 0 Å². The van der Waals surface area contributed by atoms with Gasteiger partial charge in [-0.3, -0.25) is 0 Å². The minimum absolute atomic E-state index is 0.0793. The van der Waals surface area contributed by atoms with Crippen LogP contribution in [0.15, 0.2) is 12.4 Å². The highest BCUT2D eigenvalue weighted by atomic mass is 16.5. The first-order valence-electron chi connectivity index (χ1n) is 6.44. The average molecular weight is 251 g/mol. The van der Waals surface area contributed by atoms with Crippen LogP contribution in [-0.4, -0.2) is 34.8 Å². The molecular weight excluding hydrogens is 230 g/mol. The van der Waals surface area contributed by atoms with Crippen molar-refractivity contribution in [3.05, 3.63) is 12.4 Å². The third kappa shape index (κ3) is 3.57. The Morgan fingerprint density at radius 3 is 3.00 bits per heavy atom. The second kappa shape index (κ2) is 5.52. The van der Waals surface area contributed by atoms with Gasteiger partial charge in [0, 0.05) is 19.2 Å². The molecule has 0 saturated carbocycles. The summed E-state index contributed by atoms with van der Waals surface area (Å²) in [5.74, 6) is 1.37. The molecule has 0 amide bonds. The molecule has 2 rings (SSSR count). The van der Waals surface area contributed by atoms with E-state index in [1.807, 2.05) is 19.9 Å². The lowest BCUT2D eigenvalue weighted by Crippen LogP contribution is -2.32. The fourth-order valence-electron chi connectivity index (χ4n) is 2.00. The molecule has 5 nitrogen and oxygen atoms in total. The van der Waals surface area contributed by atoms with E-state index in [9.17, 15) is 0 Å². The zero-order valence-corrected chi connectivity index (χ0v) is 11.3. The summed E-state index contributed by atoms with van der Waals surface area (Å²) in [6.45, 7) is 7.68. The van der Waals surface area contributed by atoms with Gasteiger partial charge in [0.25, 0.3) is 0 Å². The number of hydrogen-bond acceptors (Lipinski definition) is 5. The Bertz CT molecular complexity index is 390. The Hall–Kier alpha value is -1.36. The van der Waals surface area contributed by atoms with Gasteiger partial charge < -0.3 is 14.8 Å². The fourth-order valence-corrected chi connectivity index (χ4v) is 2.00. The molecule has 1 aliphatic heterocycles. The van der Waals surface area contributed by atoms with Crippen molar-refractivity contribution in [2.45, 2.75) is 45.3 Å². The average Bonchev–Trinajstić information content (AvgIpc) is 2.74. The van der Waals surface area contributed by atoms with Crippen molar-refractivity contribution in [1.29, 1.82) is 0 Å². The summed E-state index contributed by atoms with van der Waals surface area (Å²) in [5.41, 5.74) is -0.0793. The smallest absolute Gasteiger partial charge is 0.218 e. The molecule has 1 aromatic rings. The lowest BCUT2D eigenvalue weighted by atomic mass is 10.0. The Morgan fingerprint density at radius 1 is 1.50 bits per heavy atom. The van der Waals surface area contributed by atoms with Crippen LogP contribution in [0, 0.1) is 0 Å². The molecule has 1 N–H and O–H groups in total. The van der Waals surface area contributed by atoms with Crippen LogP contribution < -0.4 is 10.1 Å². The van der Waals surface area contributed by atoms with E-state index in [1.54, 1.807) is 0 Å². The zero-order chi connectivity index (χ0) is 13.0. The largest absolute Gasteiger partial charge is 0.475 e. The van der Waals surface area contributed by atoms with E-state index in [1.165, 1.54) is 6.33 Å². The fraction of sp³-hybridized carbons (Fsp3) is 0.692. The van der Waals surface area contributed by atoms with E-state index < -0.39 is 0 Å². The molecule has 5 heteroatoms. The van der Waals surface area contributed by atoms with Crippen LogP contribution in [-0.2, 0) is 4.74 Å². The predicted octanol–water partition coefficient (Wildman–Crippen LogP) is 2.24. The maximum Gasteiger partial charge on any atom is 0.218 e. The molecule has 2 heterocycles. The topological polar surface area (TPSA) is 56.3 Å². The van der Waals surface area contributed by atoms with Crippen LogP contribution in [0.4, 0.5) is 5.82 Å². The quantitative estimate of drug-likeness (QED) is 0.869. The Kier molecular flexibility index (Phi) is 4.01. The minimum Gasteiger partial charge on any atom is -0.475 e. The lowest BCUT2D eigenvalue weighted by Gasteiger charge is -2.23. The number of hydrogen-bond donors (Lipinski definition) is 1. The number of ether oxygens (including phenoxy) is 2. The number of aromatic nitrogens is 2. The van der Waals surface area contributed by atoms with Crippen LogP contribution in [0.25, 0.3) is 0 Å². The Labute approximate surface area is 108 Å². The number of anilines is 1. The number of rotatable bonds is 5. The van der Waals surface area contributed by atoms with Crippen molar-refractivity contribution in [2.75, 3.05) is 18.5 Å². The second-order valence-electron chi connectivity index (χ2n) is 5.16. The van der Waals surface area contributed by atoms with Crippen LogP contribution in [0.5, 0.6) is 5.88 Å². The van der Waals surface area contributed by atoms with Gasteiger partial charge in [0.05, 0.1) is 11.7 Å². The van der Waals surface area contributed by atoms with E-state index in [2.05, 4.69) is 22.2 Å². The van der Waals surface area contributed by atoms with E-state index in [0.29, 0.717) is 5.88 Å². The first-order valence-corrected chi connectivity index (χ1v) is 6.44. The first kappa shape index (κ1) is 13.1. The van der Waals surface area contributed by atoms with Crippen molar-refractivity contribution in [1.82, 2.24) is 9.97 Å². The zero-order valence-electron chi connectivity index (χ0n) is 11.3. The first-order chi connectivity index (χ1) is 8.57. The van der Waals surface area contributed by atoms with Gasteiger partial charge in [0.15, 0.2) is 0 Å². The predicted molar refractivity (Wildman–Crippen MR) is 69.9 cm³/mol. The summed E-state index contributed by atoms with van der Waals surface area (Å²) < 4.78 is 11.2. The van der Waals surface area contributed by atoms with Crippen molar-refractivity contribution < 1.29 is 9.47 Å². The van der Waals surface area contributed by atoms with Crippen LogP contribution in [0.2, 0.25) is 0 Å².